The van der Waals surface area contributed by atoms with Crippen molar-refractivity contribution in [1.82, 2.24) is 0 Å². The predicted octanol–water partition coefficient (Wildman–Crippen LogP) is 7.47. The Labute approximate surface area is 217 Å². The van der Waals surface area contributed by atoms with Gasteiger partial charge in [0.1, 0.15) is 11.6 Å². The van der Waals surface area contributed by atoms with Crippen molar-refractivity contribution in [2.75, 3.05) is 4.90 Å². The zero-order chi connectivity index (χ0) is 25.7. The number of aryl methyl sites for hydroxylation is 1. The van der Waals surface area contributed by atoms with Gasteiger partial charge in [0.2, 0.25) is 0 Å². The van der Waals surface area contributed by atoms with E-state index in [0.29, 0.717) is 11.1 Å². The summed E-state index contributed by atoms with van der Waals surface area (Å²) >= 11 is 9.44. The molecular formula is C28H24BrClFNO3. The van der Waals surface area contributed by atoms with Crippen LogP contribution in [0.25, 0.3) is 5.76 Å². The van der Waals surface area contributed by atoms with Crippen molar-refractivity contribution < 1.29 is 19.1 Å². The summed E-state index contributed by atoms with van der Waals surface area (Å²) in [4.78, 5) is 27.8. The predicted molar refractivity (Wildman–Crippen MR) is 140 cm³/mol. The lowest BCUT2D eigenvalue weighted by molar-refractivity contribution is -0.132. The topological polar surface area (TPSA) is 57.6 Å². The number of Topliss-reactive ketones (excluding diaryl/α,β-unsaturated/α-hetero) is 1. The van der Waals surface area contributed by atoms with E-state index in [0.717, 1.165) is 21.7 Å². The summed E-state index contributed by atoms with van der Waals surface area (Å²) in [6.45, 7) is 8.13. The molecule has 0 saturated carbocycles. The number of ketones is 1. The molecule has 1 amide bonds. The molecule has 1 N–H and O–H groups in total. The highest BCUT2D eigenvalue weighted by Crippen LogP contribution is 2.43. The fraction of sp³-hybridized carbons (Fsp3) is 0.214. The third-order valence-corrected chi connectivity index (χ3v) is 7.33. The van der Waals surface area contributed by atoms with Crippen LogP contribution in [0.4, 0.5) is 10.1 Å². The van der Waals surface area contributed by atoms with Gasteiger partial charge in [-0.15, -0.1) is 0 Å². The number of nitrogens with zero attached hydrogens (tertiary/aromatic N) is 1. The van der Waals surface area contributed by atoms with Crippen LogP contribution in [0.15, 0.2) is 70.7 Å². The van der Waals surface area contributed by atoms with Gasteiger partial charge in [0.25, 0.3) is 11.7 Å². The summed E-state index contributed by atoms with van der Waals surface area (Å²) in [5.41, 5.74) is 3.10. The Balaban J connectivity index is 1.95. The lowest BCUT2D eigenvalue weighted by atomic mass is 9.85. The van der Waals surface area contributed by atoms with Crippen LogP contribution in [0.1, 0.15) is 49.1 Å². The van der Waals surface area contributed by atoms with Crippen molar-refractivity contribution in [3.05, 3.63) is 104 Å². The minimum absolute atomic E-state index is 0.0410. The van der Waals surface area contributed by atoms with E-state index < -0.39 is 23.5 Å². The van der Waals surface area contributed by atoms with E-state index in [-0.39, 0.29) is 27.5 Å². The highest BCUT2D eigenvalue weighted by atomic mass is 79.9. The standard InChI is InChI=1S/C28H24BrClFNO3/c1-15-13-17(7-11-20(15)29)25(33)23-24(16-5-8-18(9-6-16)28(2,3)4)32(27(35)26(23)34)19-10-12-22(31)21(30)14-19/h5-14,24,33H,1-4H3/b25-23+. The number of aliphatic hydroxyl groups excluding tert-OH is 1. The quantitative estimate of drug-likeness (QED) is 0.207. The van der Waals surface area contributed by atoms with Crippen LogP contribution in [0.2, 0.25) is 5.02 Å². The number of halogens is 3. The molecule has 1 atom stereocenters. The third kappa shape index (κ3) is 4.65. The van der Waals surface area contributed by atoms with E-state index >= 15 is 0 Å². The summed E-state index contributed by atoms with van der Waals surface area (Å²) in [6.07, 6.45) is 0. The van der Waals surface area contributed by atoms with Gasteiger partial charge in [-0.1, -0.05) is 78.6 Å². The lowest BCUT2D eigenvalue weighted by Crippen LogP contribution is -2.29. The fourth-order valence-electron chi connectivity index (χ4n) is 4.16. The molecule has 3 aromatic carbocycles. The SMILES string of the molecule is Cc1cc(/C(O)=C2\C(=O)C(=O)N(c3ccc(F)c(Cl)c3)C2c2ccc(C(C)(C)C)cc2)ccc1Br. The van der Waals surface area contributed by atoms with Crippen LogP contribution in [0, 0.1) is 12.7 Å². The van der Waals surface area contributed by atoms with Crippen molar-refractivity contribution in [3.8, 4) is 0 Å². The third-order valence-electron chi connectivity index (χ3n) is 6.15. The number of hydrogen-bond donors (Lipinski definition) is 1. The number of carbonyl (C=O) groups excluding carboxylic acids is 2. The van der Waals surface area contributed by atoms with E-state index in [1.165, 1.54) is 17.0 Å². The molecule has 1 heterocycles. The summed E-state index contributed by atoms with van der Waals surface area (Å²) in [5, 5.41) is 11.1. The maximum Gasteiger partial charge on any atom is 0.300 e. The lowest BCUT2D eigenvalue weighted by Gasteiger charge is -2.27. The Morgan fingerprint density at radius 1 is 1.03 bits per heavy atom. The van der Waals surface area contributed by atoms with Crippen LogP contribution in [-0.4, -0.2) is 16.8 Å². The van der Waals surface area contributed by atoms with Gasteiger partial charge in [0.15, 0.2) is 0 Å². The normalized spacial score (nSPS) is 17.8. The number of benzene rings is 3. The zero-order valence-corrected chi connectivity index (χ0v) is 22.0. The Morgan fingerprint density at radius 2 is 1.69 bits per heavy atom. The van der Waals surface area contributed by atoms with E-state index in [4.69, 9.17) is 11.6 Å². The highest BCUT2D eigenvalue weighted by molar-refractivity contribution is 9.10. The Bertz CT molecular complexity index is 1380. The molecule has 180 valence electrons. The van der Waals surface area contributed by atoms with E-state index in [1.54, 1.807) is 18.2 Å². The van der Waals surface area contributed by atoms with Gasteiger partial charge in [-0.2, -0.15) is 0 Å². The molecule has 7 heteroatoms. The molecule has 3 aromatic rings. The summed E-state index contributed by atoms with van der Waals surface area (Å²) in [5.74, 6) is -2.57. The number of aliphatic hydroxyl groups is 1. The highest BCUT2D eigenvalue weighted by Gasteiger charge is 2.47. The molecule has 0 aliphatic carbocycles. The number of rotatable bonds is 3. The number of hydrogen-bond acceptors (Lipinski definition) is 3. The summed E-state index contributed by atoms with van der Waals surface area (Å²) in [7, 11) is 0. The first-order valence-corrected chi connectivity index (χ1v) is 12.2. The molecule has 0 aromatic heterocycles. The van der Waals surface area contributed by atoms with Gasteiger partial charge >= 0.3 is 0 Å². The molecular weight excluding hydrogens is 533 g/mol. The van der Waals surface area contributed by atoms with Gasteiger partial charge in [-0.05, 0) is 59.4 Å². The first kappa shape index (κ1) is 25.1. The second-order valence-electron chi connectivity index (χ2n) is 9.60. The van der Waals surface area contributed by atoms with Gasteiger partial charge in [0, 0.05) is 15.7 Å². The van der Waals surface area contributed by atoms with Gasteiger partial charge in [0.05, 0.1) is 16.6 Å². The van der Waals surface area contributed by atoms with Crippen LogP contribution >= 0.6 is 27.5 Å². The van der Waals surface area contributed by atoms with Gasteiger partial charge < -0.3 is 5.11 Å². The molecule has 4 rings (SSSR count). The molecule has 35 heavy (non-hydrogen) atoms. The number of anilines is 1. The molecule has 1 fully saturated rings. The van der Waals surface area contributed by atoms with E-state index in [2.05, 4.69) is 36.7 Å². The van der Waals surface area contributed by atoms with Crippen LogP contribution < -0.4 is 4.90 Å². The zero-order valence-electron chi connectivity index (χ0n) is 19.7. The number of amides is 1. The largest absolute Gasteiger partial charge is 0.507 e. The molecule has 0 radical (unpaired) electrons. The molecule has 1 aliphatic heterocycles. The maximum absolute atomic E-state index is 13.9. The molecule has 1 unspecified atom stereocenters. The van der Waals surface area contributed by atoms with Crippen LogP contribution in [0.5, 0.6) is 0 Å². The van der Waals surface area contributed by atoms with Crippen LogP contribution in [-0.2, 0) is 15.0 Å². The van der Waals surface area contributed by atoms with Crippen molar-refractivity contribution in [2.45, 2.75) is 39.2 Å². The minimum atomic E-state index is -0.922. The minimum Gasteiger partial charge on any atom is -0.507 e. The first-order chi connectivity index (χ1) is 16.4. The number of carbonyl (C=O) groups is 2. The Kier molecular flexibility index (Phi) is 6.64. The van der Waals surface area contributed by atoms with Gasteiger partial charge in [-0.25, -0.2) is 4.39 Å². The van der Waals surface area contributed by atoms with Crippen molar-refractivity contribution in [3.63, 3.8) is 0 Å². The van der Waals surface area contributed by atoms with E-state index in [1.807, 2.05) is 31.2 Å². The Hall–Kier alpha value is -2.96. The fourth-order valence-corrected chi connectivity index (χ4v) is 4.58. The summed E-state index contributed by atoms with van der Waals surface area (Å²) in [6, 6.07) is 15.7. The summed E-state index contributed by atoms with van der Waals surface area (Å²) < 4.78 is 14.7. The Morgan fingerprint density at radius 3 is 2.26 bits per heavy atom. The van der Waals surface area contributed by atoms with Crippen molar-refractivity contribution in [2.24, 2.45) is 0 Å². The van der Waals surface area contributed by atoms with Crippen LogP contribution in [0.3, 0.4) is 0 Å². The second kappa shape index (κ2) is 9.25. The average molecular weight is 557 g/mol. The smallest absolute Gasteiger partial charge is 0.300 e. The maximum atomic E-state index is 13.9. The molecule has 1 saturated heterocycles. The average Bonchev–Trinajstić information content (AvgIpc) is 3.07. The monoisotopic (exact) mass is 555 g/mol. The molecule has 0 spiro atoms. The molecule has 1 aliphatic rings. The van der Waals surface area contributed by atoms with Gasteiger partial charge in [-0.3, -0.25) is 14.5 Å². The first-order valence-electron chi connectivity index (χ1n) is 11.0. The van der Waals surface area contributed by atoms with Crippen molar-refractivity contribution >= 4 is 50.7 Å². The molecule has 0 bridgehead atoms. The second-order valence-corrected chi connectivity index (χ2v) is 10.9. The van der Waals surface area contributed by atoms with E-state index in [9.17, 15) is 19.1 Å². The molecule has 4 nitrogen and oxygen atoms in total. The van der Waals surface area contributed by atoms with Crippen molar-refractivity contribution in [1.29, 1.82) is 0 Å².